The zero-order chi connectivity index (χ0) is 13.4. The molecule has 0 fully saturated rings. The summed E-state index contributed by atoms with van der Waals surface area (Å²) in [5.41, 5.74) is 0.501. The van der Waals surface area contributed by atoms with Crippen LogP contribution in [0.15, 0.2) is 18.2 Å². The normalized spacial score (nSPS) is 10.5. The Labute approximate surface area is 108 Å². The van der Waals surface area contributed by atoms with Crippen LogP contribution >= 0.6 is 0 Å². The van der Waals surface area contributed by atoms with E-state index in [0.29, 0.717) is 12.0 Å². The average Bonchev–Trinajstić information content (AvgIpc) is 2.34. The molecule has 0 aliphatic heterocycles. The van der Waals surface area contributed by atoms with Gasteiger partial charge in [-0.2, -0.15) is 0 Å². The fourth-order valence-electron chi connectivity index (χ4n) is 2.07. The Balaban J connectivity index is 2.48. The summed E-state index contributed by atoms with van der Waals surface area (Å²) in [7, 11) is 0. The van der Waals surface area contributed by atoms with Crippen LogP contribution in [0.1, 0.15) is 51.0 Å². The van der Waals surface area contributed by atoms with Gasteiger partial charge in [-0.25, -0.2) is 0 Å². The van der Waals surface area contributed by atoms with Crippen molar-refractivity contribution in [2.75, 3.05) is 0 Å². The predicted molar refractivity (Wildman–Crippen MR) is 71.8 cm³/mol. The van der Waals surface area contributed by atoms with Crippen LogP contribution in [-0.2, 0) is 6.42 Å². The molecule has 1 aromatic rings. The molecule has 18 heavy (non-hydrogen) atoms. The van der Waals surface area contributed by atoms with Crippen LogP contribution in [-0.4, -0.2) is 10.0 Å². The van der Waals surface area contributed by atoms with Crippen molar-refractivity contribution in [3.05, 3.63) is 33.9 Å². The molecule has 0 heterocycles. The van der Waals surface area contributed by atoms with Gasteiger partial charge >= 0.3 is 0 Å². The number of nitro groups is 1. The van der Waals surface area contributed by atoms with Crippen molar-refractivity contribution >= 4 is 5.69 Å². The summed E-state index contributed by atoms with van der Waals surface area (Å²) >= 11 is 0. The molecule has 0 unspecified atom stereocenters. The number of phenolic OH excluding ortho intramolecular Hbond substituents is 1. The maximum absolute atomic E-state index is 10.8. The molecule has 0 aliphatic rings. The predicted octanol–water partition coefficient (Wildman–Crippen LogP) is 4.20. The fourth-order valence-corrected chi connectivity index (χ4v) is 2.07. The topological polar surface area (TPSA) is 63.4 Å². The Bertz CT molecular complexity index is 391. The zero-order valence-electron chi connectivity index (χ0n) is 10.9. The smallest absolute Gasteiger partial charge is 0.276 e. The Morgan fingerprint density at radius 1 is 1.17 bits per heavy atom. The average molecular weight is 251 g/mol. The van der Waals surface area contributed by atoms with Crippen LogP contribution in [0, 0.1) is 10.1 Å². The van der Waals surface area contributed by atoms with Crippen LogP contribution in [0.25, 0.3) is 0 Å². The van der Waals surface area contributed by atoms with Crippen molar-refractivity contribution in [1.29, 1.82) is 0 Å². The number of unbranched alkanes of at least 4 members (excludes halogenated alkanes) is 5. The third-order valence-corrected chi connectivity index (χ3v) is 3.10. The molecular weight excluding hydrogens is 230 g/mol. The Morgan fingerprint density at radius 2 is 1.83 bits per heavy atom. The van der Waals surface area contributed by atoms with E-state index in [9.17, 15) is 15.2 Å². The molecule has 4 heteroatoms. The van der Waals surface area contributed by atoms with Gasteiger partial charge in [0, 0.05) is 6.07 Å². The largest absolute Gasteiger partial charge is 0.507 e. The monoisotopic (exact) mass is 251 g/mol. The summed E-state index contributed by atoms with van der Waals surface area (Å²) in [5, 5.41) is 20.5. The molecule has 0 aliphatic carbocycles. The van der Waals surface area contributed by atoms with Crippen molar-refractivity contribution in [3.8, 4) is 5.75 Å². The van der Waals surface area contributed by atoms with Gasteiger partial charge in [-0.1, -0.05) is 45.1 Å². The minimum absolute atomic E-state index is 0.0311. The highest BCUT2D eigenvalue weighted by molar-refractivity contribution is 5.48. The van der Waals surface area contributed by atoms with Gasteiger partial charge in [0.25, 0.3) is 5.69 Å². The minimum Gasteiger partial charge on any atom is -0.507 e. The first-order valence-electron chi connectivity index (χ1n) is 6.62. The van der Waals surface area contributed by atoms with E-state index >= 15 is 0 Å². The lowest BCUT2D eigenvalue weighted by Crippen LogP contribution is -1.96. The number of hydrogen-bond donors (Lipinski definition) is 1. The van der Waals surface area contributed by atoms with Crippen LogP contribution in [0.3, 0.4) is 0 Å². The van der Waals surface area contributed by atoms with Gasteiger partial charge in [-0.05, 0) is 18.9 Å². The van der Waals surface area contributed by atoms with Gasteiger partial charge in [0.05, 0.1) is 10.5 Å². The molecule has 1 N–H and O–H groups in total. The number of hydrogen-bond acceptors (Lipinski definition) is 3. The molecule has 100 valence electrons. The summed E-state index contributed by atoms with van der Waals surface area (Å²) < 4.78 is 0. The molecule has 4 nitrogen and oxygen atoms in total. The van der Waals surface area contributed by atoms with E-state index in [-0.39, 0.29) is 11.4 Å². The van der Waals surface area contributed by atoms with Gasteiger partial charge in [0.15, 0.2) is 0 Å². The van der Waals surface area contributed by atoms with Crippen molar-refractivity contribution in [1.82, 2.24) is 0 Å². The molecule has 1 rings (SSSR count). The minimum atomic E-state index is -0.424. The second kappa shape index (κ2) is 7.69. The molecule has 0 radical (unpaired) electrons. The Hall–Kier alpha value is -1.58. The number of benzene rings is 1. The third-order valence-electron chi connectivity index (χ3n) is 3.10. The summed E-state index contributed by atoms with van der Waals surface area (Å²) in [5.74, 6) is 0.0396. The van der Waals surface area contributed by atoms with E-state index in [1.165, 1.54) is 37.5 Å². The summed E-state index contributed by atoms with van der Waals surface area (Å²) in [6, 6.07) is 4.48. The third kappa shape index (κ3) is 4.35. The molecule has 1 aromatic carbocycles. The van der Waals surface area contributed by atoms with Gasteiger partial charge < -0.3 is 5.11 Å². The first-order valence-corrected chi connectivity index (χ1v) is 6.62. The Kier molecular flexibility index (Phi) is 6.19. The molecule has 0 saturated heterocycles. The molecule has 0 aromatic heterocycles. The van der Waals surface area contributed by atoms with Crippen LogP contribution in [0.4, 0.5) is 5.69 Å². The number of rotatable bonds is 8. The summed E-state index contributed by atoms with van der Waals surface area (Å²) in [4.78, 5) is 10.4. The summed E-state index contributed by atoms with van der Waals surface area (Å²) in [6.07, 6.45) is 7.37. The maximum atomic E-state index is 10.8. The second-order valence-electron chi connectivity index (χ2n) is 4.55. The van der Waals surface area contributed by atoms with E-state index in [0.717, 1.165) is 19.3 Å². The van der Waals surface area contributed by atoms with Gasteiger partial charge in [0.2, 0.25) is 0 Å². The molecule has 0 bridgehead atoms. The lowest BCUT2D eigenvalue weighted by molar-refractivity contribution is -0.385. The van der Waals surface area contributed by atoms with Gasteiger partial charge in [-0.3, -0.25) is 10.1 Å². The maximum Gasteiger partial charge on any atom is 0.276 e. The van der Waals surface area contributed by atoms with E-state index in [2.05, 4.69) is 6.92 Å². The molecule has 0 saturated carbocycles. The highest BCUT2D eigenvalue weighted by atomic mass is 16.6. The fraction of sp³-hybridized carbons (Fsp3) is 0.571. The van der Waals surface area contributed by atoms with E-state index in [1.807, 2.05) is 0 Å². The number of nitrogens with zero attached hydrogens (tertiary/aromatic N) is 1. The van der Waals surface area contributed by atoms with Crippen molar-refractivity contribution in [2.24, 2.45) is 0 Å². The van der Waals surface area contributed by atoms with Crippen LogP contribution in [0.2, 0.25) is 0 Å². The molecular formula is C14H21NO3. The molecule has 0 spiro atoms. The van der Waals surface area contributed by atoms with E-state index in [4.69, 9.17) is 0 Å². The molecule has 0 amide bonds. The second-order valence-corrected chi connectivity index (χ2v) is 4.55. The quantitative estimate of drug-likeness (QED) is 0.428. The lowest BCUT2D eigenvalue weighted by Gasteiger charge is -2.05. The SMILES string of the molecule is CCCCCCCCc1c(O)cccc1[N+](=O)[O-]. The number of phenols is 1. The van der Waals surface area contributed by atoms with Gasteiger partial charge in [-0.15, -0.1) is 0 Å². The first kappa shape index (κ1) is 14.5. The van der Waals surface area contributed by atoms with Crippen molar-refractivity contribution in [3.63, 3.8) is 0 Å². The first-order chi connectivity index (χ1) is 8.66. The lowest BCUT2D eigenvalue weighted by atomic mass is 10.0. The van der Waals surface area contributed by atoms with Crippen molar-refractivity contribution in [2.45, 2.75) is 51.9 Å². The van der Waals surface area contributed by atoms with Gasteiger partial charge in [0.1, 0.15) is 5.75 Å². The van der Waals surface area contributed by atoms with Crippen LogP contribution < -0.4 is 0 Å². The van der Waals surface area contributed by atoms with Crippen LogP contribution in [0.5, 0.6) is 5.75 Å². The van der Waals surface area contributed by atoms with E-state index in [1.54, 1.807) is 0 Å². The highest BCUT2D eigenvalue weighted by Gasteiger charge is 2.16. The van der Waals surface area contributed by atoms with E-state index < -0.39 is 4.92 Å². The zero-order valence-corrected chi connectivity index (χ0v) is 10.9. The Morgan fingerprint density at radius 3 is 2.50 bits per heavy atom. The molecule has 0 atom stereocenters. The summed E-state index contributed by atoms with van der Waals surface area (Å²) in [6.45, 7) is 2.17. The highest BCUT2D eigenvalue weighted by Crippen LogP contribution is 2.28. The number of nitro benzene ring substituents is 1. The standard InChI is InChI=1S/C14H21NO3/c1-2-3-4-5-6-7-9-12-13(15(17)18)10-8-11-14(12)16/h8,10-11,16H,2-7,9H2,1H3. The number of aromatic hydroxyl groups is 1. The van der Waals surface area contributed by atoms with Crippen molar-refractivity contribution < 1.29 is 10.0 Å².